The van der Waals surface area contributed by atoms with Crippen molar-refractivity contribution in [2.45, 2.75) is 13.3 Å². The molecule has 0 saturated heterocycles. The van der Waals surface area contributed by atoms with E-state index in [1.807, 2.05) is 12.2 Å². The van der Waals surface area contributed by atoms with E-state index in [1.54, 1.807) is 0 Å². The molecule has 92 valence electrons. The van der Waals surface area contributed by atoms with Crippen molar-refractivity contribution in [1.82, 2.24) is 0 Å². The maximum atomic E-state index is 2.99. The second-order valence-electron chi connectivity index (χ2n) is 2.67. The molecule has 0 spiro atoms. The summed E-state index contributed by atoms with van der Waals surface area (Å²) < 4.78 is 0. The van der Waals surface area contributed by atoms with Gasteiger partial charge in [-0.05, 0) is 13.3 Å². The topological polar surface area (TPSA) is 0 Å². The molecule has 1 rings (SSSR count). The second kappa shape index (κ2) is 24.7. The minimum atomic E-state index is 0. The Morgan fingerprint density at radius 1 is 1.27 bits per heavy atom. The molecule has 0 aliphatic heterocycles. The van der Waals surface area contributed by atoms with Crippen LogP contribution in [-0.2, 0) is 25.8 Å². The molecule has 0 N–H and O–H groups in total. The first-order valence-corrected chi connectivity index (χ1v) is 6.33. The Bertz CT molecular complexity index is 129. The van der Waals surface area contributed by atoms with Crippen LogP contribution in [0.25, 0.3) is 0 Å². The monoisotopic (exact) mass is 453 g/mol. The largest absolute Gasteiger partial charge is 1.00 e. The van der Waals surface area contributed by atoms with Crippen LogP contribution < -0.4 is 37.2 Å². The van der Waals surface area contributed by atoms with Crippen molar-refractivity contribution in [3.63, 3.8) is 0 Å². The Labute approximate surface area is 134 Å². The predicted octanol–water partition coefficient (Wildman–Crippen LogP) is -5.73. The third-order valence-corrected chi connectivity index (χ3v) is 2.23. The van der Waals surface area contributed by atoms with Crippen LogP contribution in [0.3, 0.4) is 0 Å². The smallest absolute Gasteiger partial charge is 0 e. The molecule has 0 aromatic rings. The van der Waals surface area contributed by atoms with Gasteiger partial charge in [0.05, 0.1) is 0 Å². The molecule has 0 unspecified atom stereocenters. The predicted molar refractivity (Wildman–Crippen MR) is 55.2 cm³/mol. The number of halogens is 3. The molecule has 0 bridgehead atoms. The van der Waals surface area contributed by atoms with Crippen LogP contribution in [0, 0.1) is 12.5 Å². The van der Waals surface area contributed by atoms with Gasteiger partial charge in [0.1, 0.15) is 0 Å². The molecule has 1 aliphatic rings. The Kier molecular flexibility index (Phi) is 49.6. The number of rotatable bonds is 2. The van der Waals surface area contributed by atoms with Crippen molar-refractivity contribution in [2.24, 2.45) is 0 Å². The SMILES string of the molecule is C[CH-]CP(C)C.[C-]1=CC=CC1.[Cl-].[Cl-].[Cl-].[Hf]. The average molecular weight is 453 g/mol. The van der Waals surface area contributed by atoms with Crippen molar-refractivity contribution < 1.29 is 63.1 Å². The molecule has 0 radical (unpaired) electrons. The fourth-order valence-corrected chi connectivity index (χ4v) is 1.44. The van der Waals surface area contributed by atoms with E-state index in [1.165, 1.54) is 6.16 Å². The molecule has 0 atom stereocenters. The van der Waals surface area contributed by atoms with Crippen LogP contribution in [0.4, 0.5) is 0 Å². The number of hydrogen-bond acceptors (Lipinski definition) is 0. The third-order valence-electron chi connectivity index (χ3n) is 1.13. The van der Waals surface area contributed by atoms with Gasteiger partial charge in [0.15, 0.2) is 0 Å². The van der Waals surface area contributed by atoms with Crippen LogP contribution in [0.2, 0.25) is 0 Å². The first-order valence-electron chi connectivity index (χ1n) is 3.91. The van der Waals surface area contributed by atoms with Gasteiger partial charge in [-0.25, -0.2) is 12.2 Å². The molecule has 5 heteroatoms. The molecule has 0 aromatic carbocycles. The molecular formula is C10H17Cl3HfP-5. The molecule has 0 amide bonds. The van der Waals surface area contributed by atoms with Gasteiger partial charge >= 0.3 is 0 Å². The summed E-state index contributed by atoms with van der Waals surface area (Å²) in [5, 5.41) is 0. The third kappa shape index (κ3) is 31.3. The van der Waals surface area contributed by atoms with Crippen molar-refractivity contribution in [2.75, 3.05) is 19.5 Å². The fraction of sp³-hybridized carbons (Fsp3) is 0.500. The summed E-state index contributed by atoms with van der Waals surface area (Å²) in [4.78, 5) is 0. The second-order valence-corrected chi connectivity index (χ2v) is 5.20. The Morgan fingerprint density at radius 2 is 1.80 bits per heavy atom. The van der Waals surface area contributed by atoms with Crippen LogP contribution in [0.15, 0.2) is 18.2 Å². The summed E-state index contributed by atoms with van der Waals surface area (Å²) in [6.45, 7) is 6.69. The Hall–Kier alpha value is 1.65. The number of hydrogen-bond donors (Lipinski definition) is 0. The molecule has 0 fully saturated rings. The molecule has 1 aliphatic carbocycles. The van der Waals surface area contributed by atoms with Gasteiger partial charge in [0, 0.05) is 25.8 Å². The molecular weight excluding hydrogens is 436 g/mol. The van der Waals surface area contributed by atoms with Gasteiger partial charge in [0.25, 0.3) is 0 Å². The van der Waals surface area contributed by atoms with E-state index in [4.69, 9.17) is 0 Å². The summed E-state index contributed by atoms with van der Waals surface area (Å²) in [5.74, 6) is 0. The minimum Gasteiger partial charge on any atom is -1.00 e. The van der Waals surface area contributed by atoms with Crippen LogP contribution >= 0.6 is 7.92 Å². The van der Waals surface area contributed by atoms with E-state index in [2.05, 4.69) is 38.8 Å². The fourth-order valence-electron chi connectivity index (χ4n) is 0.705. The normalized spacial score (nSPS) is 9.87. The summed E-state index contributed by atoms with van der Waals surface area (Å²) >= 11 is 0. The average Bonchev–Trinajstić information content (AvgIpc) is 2.41. The van der Waals surface area contributed by atoms with Gasteiger partial charge < -0.3 is 43.6 Å². The Morgan fingerprint density at radius 3 is 1.87 bits per heavy atom. The van der Waals surface area contributed by atoms with Crippen LogP contribution in [0.1, 0.15) is 13.3 Å². The zero-order valence-corrected chi connectivity index (χ0v) is 16.1. The molecule has 0 nitrogen and oxygen atoms in total. The first-order chi connectivity index (χ1) is 5.27. The van der Waals surface area contributed by atoms with E-state index >= 15 is 0 Å². The molecule has 0 aromatic heterocycles. The van der Waals surface area contributed by atoms with Crippen LogP contribution in [-0.4, -0.2) is 19.5 Å². The van der Waals surface area contributed by atoms with Crippen molar-refractivity contribution >= 4 is 7.92 Å². The zero-order valence-electron chi connectivity index (χ0n) is 9.30. The van der Waals surface area contributed by atoms with E-state index in [-0.39, 0.29) is 63.1 Å². The van der Waals surface area contributed by atoms with E-state index in [0.29, 0.717) is 7.92 Å². The Balaban J connectivity index is -0.0000000352. The van der Waals surface area contributed by atoms with E-state index in [9.17, 15) is 0 Å². The van der Waals surface area contributed by atoms with Gasteiger partial charge in [0.2, 0.25) is 0 Å². The summed E-state index contributed by atoms with van der Waals surface area (Å²) in [7, 11) is 0.344. The maximum absolute atomic E-state index is 2.99. The maximum Gasteiger partial charge on any atom is 0 e. The minimum absolute atomic E-state index is 0. The van der Waals surface area contributed by atoms with E-state index in [0.717, 1.165) is 6.42 Å². The summed E-state index contributed by atoms with van der Waals surface area (Å²) in [5.41, 5.74) is 0. The van der Waals surface area contributed by atoms with Crippen LogP contribution in [0.5, 0.6) is 0 Å². The first kappa shape index (κ1) is 30.0. The summed E-state index contributed by atoms with van der Waals surface area (Å²) in [6, 6.07) is 0. The molecule has 0 saturated carbocycles. The quantitative estimate of drug-likeness (QED) is 0.222. The zero-order chi connectivity index (χ0) is 8.53. The number of allylic oxidation sites excluding steroid dienone is 4. The van der Waals surface area contributed by atoms with Crippen molar-refractivity contribution in [3.8, 4) is 0 Å². The van der Waals surface area contributed by atoms with E-state index < -0.39 is 0 Å². The van der Waals surface area contributed by atoms with Gasteiger partial charge in [-0.3, -0.25) is 6.08 Å². The standard InChI is InChI=1S/C5H12P.C5H5.3ClH.Hf/c1-4-5-6(2)3;1-2-4-5-3-1;;;;/h4H,5H2,1-3H3;1-3H,4H2;3*1H;/q2*-1;;;;/p-3. The van der Waals surface area contributed by atoms with Gasteiger partial charge in [-0.1, -0.05) is 0 Å². The van der Waals surface area contributed by atoms with Gasteiger partial charge in [-0.15, -0.1) is 14.3 Å². The molecule has 15 heavy (non-hydrogen) atoms. The van der Waals surface area contributed by atoms with Crippen molar-refractivity contribution in [3.05, 3.63) is 30.7 Å². The van der Waals surface area contributed by atoms with Gasteiger partial charge in [-0.2, -0.15) is 19.2 Å². The summed E-state index contributed by atoms with van der Waals surface area (Å²) in [6.07, 6.45) is 13.5. The van der Waals surface area contributed by atoms with Crippen molar-refractivity contribution in [1.29, 1.82) is 0 Å². The molecule has 0 heterocycles.